The SMILES string of the molecule is Cl.NCC1CCCN1C(=O)C1CCCN(C(=O)NC2CCCC2)C1. The highest BCUT2D eigenvalue weighted by Gasteiger charge is 2.35. The topological polar surface area (TPSA) is 78.7 Å². The van der Waals surface area contributed by atoms with Gasteiger partial charge in [-0.05, 0) is 38.5 Å². The number of nitrogens with one attached hydrogen (secondary N) is 1. The zero-order valence-electron chi connectivity index (χ0n) is 14.4. The first kappa shape index (κ1) is 19.3. The molecule has 2 heterocycles. The van der Waals surface area contributed by atoms with Crippen molar-refractivity contribution in [2.45, 2.75) is 63.5 Å². The minimum atomic E-state index is -0.0507. The molecule has 2 unspecified atom stereocenters. The molecule has 3 amide bonds. The maximum Gasteiger partial charge on any atom is 0.317 e. The lowest BCUT2D eigenvalue weighted by Crippen LogP contribution is -2.52. The first-order valence-corrected chi connectivity index (χ1v) is 9.25. The third-order valence-electron chi connectivity index (χ3n) is 5.67. The van der Waals surface area contributed by atoms with E-state index in [0.717, 1.165) is 51.6 Å². The van der Waals surface area contributed by atoms with E-state index in [2.05, 4.69) is 5.32 Å². The van der Waals surface area contributed by atoms with Crippen LogP contribution in [0, 0.1) is 5.92 Å². The summed E-state index contributed by atoms with van der Waals surface area (Å²) in [6, 6.07) is 0.551. The lowest BCUT2D eigenvalue weighted by molar-refractivity contribution is -0.137. The molecule has 0 bridgehead atoms. The molecule has 0 radical (unpaired) electrons. The fourth-order valence-corrected chi connectivity index (χ4v) is 4.30. The summed E-state index contributed by atoms with van der Waals surface area (Å²) in [5, 5.41) is 3.14. The molecule has 2 saturated heterocycles. The number of nitrogens with zero attached hydrogens (tertiary/aromatic N) is 2. The monoisotopic (exact) mass is 358 g/mol. The van der Waals surface area contributed by atoms with Crippen molar-refractivity contribution < 1.29 is 9.59 Å². The molecule has 2 aliphatic heterocycles. The summed E-state index contributed by atoms with van der Waals surface area (Å²) in [7, 11) is 0. The molecule has 7 heteroatoms. The Kier molecular flexibility index (Phi) is 7.16. The van der Waals surface area contributed by atoms with Crippen molar-refractivity contribution in [2.24, 2.45) is 11.7 Å². The van der Waals surface area contributed by atoms with Gasteiger partial charge in [-0.2, -0.15) is 0 Å². The van der Waals surface area contributed by atoms with E-state index >= 15 is 0 Å². The standard InChI is InChI=1S/C17H30N4O2.ClH/c18-11-15-8-4-10-21(15)16(22)13-5-3-9-20(12-13)17(23)19-14-6-1-2-7-14;/h13-15H,1-12,18H2,(H,19,23);1H. The number of hydrogen-bond donors (Lipinski definition) is 2. The number of nitrogens with two attached hydrogens (primary N) is 1. The van der Waals surface area contributed by atoms with E-state index in [1.165, 1.54) is 12.8 Å². The van der Waals surface area contributed by atoms with Crippen LogP contribution in [-0.4, -0.2) is 60.0 Å². The average Bonchev–Trinajstić information content (AvgIpc) is 3.25. The van der Waals surface area contributed by atoms with Crippen LogP contribution in [0.4, 0.5) is 4.79 Å². The highest BCUT2D eigenvalue weighted by atomic mass is 35.5. The van der Waals surface area contributed by atoms with Crippen LogP contribution in [0.2, 0.25) is 0 Å². The molecule has 6 nitrogen and oxygen atoms in total. The Balaban J connectivity index is 0.00000208. The quantitative estimate of drug-likeness (QED) is 0.806. The smallest absolute Gasteiger partial charge is 0.317 e. The van der Waals surface area contributed by atoms with Gasteiger partial charge in [-0.25, -0.2) is 4.79 Å². The van der Waals surface area contributed by atoms with Crippen LogP contribution in [0.3, 0.4) is 0 Å². The average molecular weight is 359 g/mol. The van der Waals surface area contributed by atoms with Gasteiger partial charge in [0, 0.05) is 38.3 Å². The van der Waals surface area contributed by atoms with Crippen molar-refractivity contribution in [3.8, 4) is 0 Å². The zero-order chi connectivity index (χ0) is 16.2. The van der Waals surface area contributed by atoms with Crippen LogP contribution >= 0.6 is 12.4 Å². The minimum Gasteiger partial charge on any atom is -0.338 e. The molecule has 3 rings (SSSR count). The van der Waals surface area contributed by atoms with Crippen molar-refractivity contribution in [3.05, 3.63) is 0 Å². The van der Waals surface area contributed by atoms with Crippen molar-refractivity contribution in [3.63, 3.8) is 0 Å². The third-order valence-corrected chi connectivity index (χ3v) is 5.67. The molecule has 138 valence electrons. The molecule has 3 N–H and O–H groups in total. The maximum absolute atomic E-state index is 12.8. The summed E-state index contributed by atoms with van der Waals surface area (Å²) in [5.74, 6) is 0.154. The highest BCUT2D eigenvalue weighted by molar-refractivity contribution is 5.85. The molecule has 0 aromatic rings. The number of urea groups is 1. The summed E-state index contributed by atoms with van der Waals surface area (Å²) in [4.78, 5) is 29.0. The molecule has 0 aromatic carbocycles. The number of carbonyl (C=O) groups excluding carboxylic acids is 2. The van der Waals surface area contributed by atoms with Gasteiger partial charge in [-0.15, -0.1) is 12.4 Å². The van der Waals surface area contributed by atoms with Crippen LogP contribution in [0.1, 0.15) is 51.4 Å². The normalized spacial score (nSPS) is 27.9. The first-order valence-electron chi connectivity index (χ1n) is 9.25. The Bertz CT molecular complexity index is 442. The molecule has 1 saturated carbocycles. The van der Waals surface area contributed by atoms with Crippen molar-refractivity contribution in [2.75, 3.05) is 26.2 Å². The molecule has 0 spiro atoms. The Hall–Kier alpha value is -1.01. The second-order valence-electron chi connectivity index (χ2n) is 7.28. The van der Waals surface area contributed by atoms with Crippen molar-refractivity contribution in [1.82, 2.24) is 15.1 Å². The van der Waals surface area contributed by atoms with Gasteiger partial charge in [0.05, 0.1) is 5.92 Å². The second-order valence-corrected chi connectivity index (χ2v) is 7.28. The number of amides is 3. The molecule has 1 aliphatic carbocycles. The molecule has 2 atom stereocenters. The summed E-state index contributed by atoms with van der Waals surface area (Å²) in [5.41, 5.74) is 5.79. The summed E-state index contributed by atoms with van der Waals surface area (Å²) in [6.45, 7) is 2.70. The fraction of sp³-hybridized carbons (Fsp3) is 0.882. The Morgan fingerprint density at radius 2 is 1.71 bits per heavy atom. The Morgan fingerprint density at radius 3 is 2.42 bits per heavy atom. The predicted molar refractivity (Wildman–Crippen MR) is 96.1 cm³/mol. The number of halogens is 1. The van der Waals surface area contributed by atoms with Crippen LogP contribution in [0.5, 0.6) is 0 Å². The molecule has 0 aromatic heterocycles. The zero-order valence-corrected chi connectivity index (χ0v) is 15.2. The van der Waals surface area contributed by atoms with Gasteiger partial charge in [-0.1, -0.05) is 12.8 Å². The van der Waals surface area contributed by atoms with Gasteiger partial charge in [0.2, 0.25) is 5.91 Å². The van der Waals surface area contributed by atoms with Crippen LogP contribution in [0.25, 0.3) is 0 Å². The molecular formula is C17H31ClN4O2. The number of hydrogen-bond acceptors (Lipinski definition) is 3. The van der Waals surface area contributed by atoms with Crippen LogP contribution < -0.4 is 11.1 Å². The Morgan fingerprint density at radius 1 is 1.00 bits per heavy atom. The van der Waals surface area contributed by atoms with Gasteiger partial charge < -0.3 is 20.9 Å². The summed E-state index contributed by atoms with van der Waals surface area (Å²) >= 11 is 0. The van der Waals surface area contributed by atoms with E-state index in [-0.39, 0.29) is 36.3 Å². The molecule has 3 fully saturated rings. The second kappa shape index (κ2) is 8.90. The van der Waals surface area contributed by atoms with Gasteiger partial charge >= 0.3 is 6.03 Å². The van der Waals surface area contributed by atoms with Gasteiger partial charge in [-0.3, -0.25) is 4.79 Å². The van der Waals surface area contributed by atoms with E-state index in [1.807, 2.05) is 9.80 Å². The number of likely N-dealkylation sites (tertiary alicyclic amines) is 2. The third kappa shape index (κ3) is 4.33. The molecule has 24 heavy (non-hydrogen) atoms. The minimum absolute atomic E-state index is 0. The van der Waals surface area contributed by atoms with Gasteiger partial charge in [0.15, 0.2) is 0 Å². The molecule has 3 aliphatic rings. The number of rotatable bonds is 3. The Labute approximate surface area is 150 Å². The van der Waals surface area contributed by atoms with Crippen molar-refractivity contribution >= 4 is 24.3 Å². The van der Waals surface area contributed by atoms with Gasteiger partial charge in [0.1, 0.15) is 0 Å². The first-order chi connectivity index (χ1) is 11.2. The van der Waals surface area contributed by atoms with E-state index in [0.29, 0.717) is 19.1 Å². The van der Waals surface area contributed by atoms with E-state index in [9.17, 15) is 9.59 Å². The predicted octanol–water partition coefficient (Wildman–Crippen LogP) is 1.72. The van der Waals surface area contributed by atoms with Gasteiger partial charge in [0.25, 0.3) is 0 Å². The number of piperidine rings is 1. The lowest BCUT2D eigenvalue weighted by atomic mass is 9.96. The number of carbonyl (C=O) groups is 2. The summed E-state index contributed by atoms with van der Waals surface area (Å²) in [6.07, 6.45) is 8.47. The maximum atomic E-state index is 12.8. The van der Waals surface area contributed by atoms with Crippen LogP contribution in [-0.2, 0) is 4.79 Å². The van der Waals surface area contributed by atoms with E-state index in [4.69, 9.17) is 5.73 Å². The largest absolute Gasteiger partial charge is 0.338 e. The van der Waals surface area contributed by atoms with E-state index in [1.54, 1.807) is 0 Å². The highest BCUT2D eigenvalue weighted by Crippen LogP contribution is 2.25. The van der Waals surface area contributed by atoms with E-state index < -0.39 is 0 Å². The van der Waals surface area contributed by atoms with Crippen molar-refractivity contribution in [1.29, 1.82) is 0 Å². The lowest BCUT2D eigenvalue weighted by Gasteiger charge is -2.36. The summed E-state index contributed by atoms with van der Waals surface area (Å²) < 4.78 is 0. The fourth-order valence-electron chi connectivity index (χ4n) is 4.30. The van der Waals surface area contributed by atoms with Crippen LogP contribution in [0.15, 0.2) is 0 Å². The molecular weight excluding hydrogens is 328 g/mol.